The molecule has 0 aliphatic carbocycles. The van der Waals surface area contributed by atoms with Gasteiger partial charge >= 0.3 is 0 Å². The molecule has 2 heterocycles. The van der Waals surface area contributed by atoms with E-state index in [1.54, 1.807) is 6.08 Å². The minimum absolute atomic E-state index is 0.0820. The fourth-order valence-corrected chi connectivity index (χ4v) is 4.03. The van der Waals surface area contributed by atoms with Gasteiger partial charge in [0.1, 0.15) is 5.57 Å². The minimum atomic E-state index is -0.467. The Morgan fingerprint density at radius 3 is 2.39 bits per heavy atom. The van der Waals surface area contributed by atoms with Crippen molar-refractivity contribution in [2.45, 2.75) is 47.6 Å². The van der Waals surface area contributed by atoms with Gasteiger partial charge in [-0.3, -0.25) is 19.8 Å². The van der Waals surface area contributed by atoms with E-state index in [1.165, 1.54) is 4.90 Å². The predicted octanol–water partition coefficient (Wildman–Crippen LogP) is 4.13. The SMILES string of the molecule is Cc1cccc(N2C(=O)/C(=C/c3cc(C)n(C(C)C)c3C)C(=O)NC2=S)c1C. The fraction of sp³-hybridized carbons (Fsp3) is 0.318. The van der Waals surface area contributed by atoms with Crippen LogP contribution in [-0.4, -0.2) is 21.5 Å². The Morgan fingerprint density at radius 2 is 1.79 bits per heavy atom. The Bertz CT molecular complexity index is 1030. The Labute approximate surface area is 171 Å². The maximum atomic E-state index is 13.3. The van der Waals surface area contributed by atoms with Crippen LogP contribution in [-0.2, 0) is 9.59 Å². The van der Waals surface area contributed by atoms with Crippen LogP contribution in [0.3, 0.4) is 0 Å². The molecule has 1 N–H and O–H groups in total. The van der Waals surface area contributed by atoms with Gasteiger partial charge in [0.15, 0.2) is 5.11 Å². The number of rotatable bonds is 3. The van der Waals surface area contributed by atoms with E-state index in [2.05, 4.69) is 23.7 Å². The van der Waals surface area contributed by atoms with Crippen molar-refractivity contribution < 1.29 is 9.59 Å². The van der Waals surface area contributed by atoms with Crippen molar-refractivity contribution in [1.29, 1.82) is 0 Å². The van der Waals surface area contributed by atoms with Crippen molar-refractivity contribution in [2.24, 2.45) is 0 Å². The summed E-state index contributed by atoms with van der Waals surface area (Å²) in [7, 11) is 0. The second-order valence-corrected chi connectivity index (χ2v) is 7.85. The molecule has 1 aliphatic rings. The first-order chi connectivity index (χ1) is 13.1. The lowest BCUT2D eigenvalue weighted by atomic mass is 10.0. The van der Waals surface area contributed by atoms with Crippen molar-refractivity contribution in [1.82, 2.24) is 9.88 Å². The molecule has 2 aromatic rings. The minimum Gasteiger partial charge on any atom is -0.346 e. The fourth-order valence-electron chi connectivity index (χ4n) is 3.75. The summed E-state index contributed by atoms with van der Waals surface area (Å²) < 4.78 is 2.19. The van der Waals surface area contributed by atoms with Crippen LogP contribution < -0.4 is 10.2 Å². The van der Waals surface area contributed by atoms with E-state index in [-0.39, 0.29) is 10.7 Å². The predicted molar refractivity (Wildman–Crippen MR) is 116 cm³/mol. The number of benzene rings is 1. The molecule has 0 bridgehead atoms. The second-order valence-electron chi connectivity index (χ2n) is 7.47. The number of hydrogen-bond acceptors (Lipinski definition) is 3. The number of hydrogen-bond donors (Lipinski definition) is 1. The molecule has 1 aliphatic heterocycles. The van der Waals surface area contributed by atoms with Crippen molar-refractivity contribution >= 4 is 40.9 Å². The van der Waals surface area contributed by atoms with Crippen molar-refractivity contribution in [3.8, 4) is 0 Å². The summed E-state index contributed by atoms with van der Waals surface area (Å²) in [6.45, 7) is 12.2. The summed E-state index contributed by atoms with van der Waals surface area (Å²) in [6.07, 6.45) is 1.67. The normalized spacial score (nSPS) is 16.3. The number of carbonyl (C=O) groups is 2. The third kappa shape index (κ3) is 3.29. The molecule has 6 heteroatoms. The number of nitrogens with zero attached hydrogens (tertiary/aromatic N) is 2. The standard InChI is InChI=1S/C22H25N3O2S/c1-12(2)24-14(4)10-17(16(24)6)11-18-20(26)23-22(28)25(21(18)27)19-9-7-8-13(3)15(19)5/h7-12H,1-6H3,(H,23,26,28)/b18-11+. The van der Waals surface area contributed by atoms with Gasteiger partial charge in [-0.2, -0.15) is 0 Å². The van der Waals surface area contributed by atoms with Crippen LogP contribution in [0.1, 0.15) is 48.0 Å². The highest BCUT2D eigenvalue weighted by atomic mass is 32.1. The molecule has 1 aromatic heterocycles. The van der Waals surface area contributed by atoms with E-state index < -0.39 is 11.8 Å². The number of amides is 2. The highest BCUT2D eigenvalue weighted by Crippen LogP contribution is 2.28. The molecule has 1 aromatic carbocycles. The van der Waals surface area contributed by atoms with Crippen LogP contribution >= 0.6 is 12.2 Å². The zero-order valence-electron chi connectivity index (χ0n) is 17.1. The largest absolute Gasteiger partial charge is 0.346 e. The van der Waals surface area contributed by atoms with Gasteiger partial charge in [-0.15, -0.1) is 0 Å². The summed E-state index contributed by atoms with van der Waals surface area (Å²) in [5.41, 5.74) is 5.74. The number of thiocarbonyl (C=S) groups is 1. The Kier molecular flexibility index (Phi) is 5.26. The average Bonchev–Trinajstić information content (AvgIpc) is 2.88. The first kappa shape index (κ1) is 20.0. The molecule has 0 saturated carbocycles. The van der Waals surface area contributed by atoms with E-state index >= 15 is 0 Å². The molecule has 3 rings (SSSR count). The molecule has 146 valence electrons. The molecule has 1 saturated heterocycles. The molecule has 0 radical (unpaired) electrons. The molecule has 0 atom stereocenters. The third-order valence-corrected chi connectivity index (χ3v) is 5.54. The van der Waals surface area contributed by atoms with Crippen LogP contribution in [0.2, 0.25) is 0 Å². The van der Waals surface area contributed by atoms with E-state index in [4.69, 9.17) is 12.2 Å². The van der Waals surface area contributed by atoms with Gasteiger partial charge in [0.2, 0.25) is 0 Å². The molecule has 28 heavy (non-hydrogen) atoms. The average molecular weight is 396 g/mol. The highest BCUT2D eigenvalue weighted by Gasteiger charge is 2.35. The molecule has 0 spiro atoms. The van der Waals surface area contributed by atoms with Crippen LogP contribution in [0.5, 0.6) is 0 Å². The summed E-state index contributed by atoms with van der Waals surface area (Å²) in [4.78, 5) is 27.2. The van der Waals surface area contributed by atoms with Crippen molar-refractivity contribution in [3.63, 3.8) is 0 Å². The highest BCUT2D eigenvalue weighted by molar-refractivity contribution is 7.80. The second kappa shape index (κ2) is 7.36. The maximum Gasteiger partial charge on any atom is 0.270 e. The first-order valence-corrected chi connectivity index (χ1v) is 9.70. The van der Waals surface area contributed by atoms with Crippen LogP contribution in [0.15, 0.2) is 29.8 Å². The van der Waals surface area contributed by atoms with Gasteiger partial charge in [0.05, 0.1) is 5.69 Å². The van der Waals surface area contributed by atoms with Gasteiger partial charge in [-0.05, 0) is 88.7 Å². The monoisotopic (exact) mass is 395 g/mol. The lowest BCUT2D eigenvalue weighted by Crippen LogP contribution is -2.54. The van der Waals surface area contributed by atoms with Crippen LogP contribution in [0.25, 0.3) is 6.08 Å². The van der Waals surface area contributed by atoms with Gasteiger partial charge in [0.25, 0.3) is 11.8 Å². The maximum absolute atomic E-state index is 13.3. The lowest BCUT2D eigenvalue weighted by Gasteiger charge is -2.30. The van der Waals surface area contributed by atoms with Gasteiger partial charge in [-0.1, -0.05) is 12.1 Å². The van der Waals surface area contributed by atoms with Crippen LogP contribution in [0, 0.1) is 27.7 Å². The lowest BCUT2D eigenvalue weighted by molar-refractivity contribution is -0.122. The van der Waals surface area contributed by atoms with E-state index in [0.29, 0.717) is 11.7 Å². The van der Waals surface area contributed by atoms with Crippen LogP contribution in [0.4, 0.5) is 5.69 Å². The van der Waals surface area contributed by atoms with E-state index in [1.807, 2.05) is 52.0 Å². The molecular weight excluding hydrogens is 370 g/mol. The number of aryl methyl sites for hydroxylation is 2. The molecule has 2 amide bonds. The summed E-state index contributed by atoms with van der Waals surface area (Å²) in [5, 5.41) is 2.77. The number of anilines is 1. The topological polar surface area (TPSA) is 54.3 Å². The van der Waals surface area contributed by atoms with Crippen molar-refractivity contribution in [2.75, 3.05) is 4.90 Å². The molecule has 0 unspecified atom stereocenters. The third-order valence-electron chi connectivity index (χ3n) is 5.26. The zero-order valence-corrected chi connectivity index (χ0v) is 17.9. The Hall–Kier alpha value is -2.73. The van der Waals surface area contributed by atoms with Crippen molar-refractivity contribution in [3.05, 3.63) is 57.9 Å². The smallest absolute Gasteiger partial charge is 0.270 e. The summed E-state index contributed by atoms with van der Waals surface area (Å²) in [5.74, 6) is -0.872. The zero-order chi connectivity index (χ0) is 20.7. The van der Waals surface area contributed by atoms with Gasteiger partial charge in [0, 0.05) is 17.4 Å². The van der Waals surface area contributed by atoms with Gasteiger partial charge < -0.3 is 4.57 Å². The first-order valence-electron chi connectivity index (χ1n) is 9.29. The van der Waals surface area contributed by atoms with Gasteiger partial charge in [-0.25, -0.2) is 0 Å². The quantitative estimate of drug-likeness (QED) is 0.483. The number of nitrogens with one attached hydrogen (secondary N) is 1. The molecule has 1 fully saturated rings. The van der Waals surface area contributed by atoms with E-state index in [9.17, 15) is 9.59 Å². The summed E-state index contributed by atoms with van der Waals surface area (Å²) >= 11 is 5.31. The summed E-state index contributed by atoms with van der Waals surface area (Å²) in [6, 6.07) is 7.99. The van der Waals surface area contributed by atoms with E-state index in [0.717, 1.165) is 28.1 Å². The molecule has 5 nitrogen and oxygen atoms in total. The Morgan fingerprint density at radius 1 is 1.11 bits per heavy atom. The Balaban J connectivity index is 2.10. The number of aromatic nitrogens is 1. The number of carbonyl (C=O) groups excluding carboxylic acids is 2. The molecular formula is C22H25N3O2S.